The van der Waals surface area contributed by atoms with Gasteiger partial charge in [0.1, 0.15) is 0 Å². The molecule has 0 fully saturated rings. The number of thioether (sulfide) groups is 1. The molecule has 1 aliphatic heterocycles. The van der Waals surface area contributed by atoms with Crippen molar-refractivity contribution >= 4 is 29.2 Å². The molecule has 0 radical (unpaired) electrons. The van der Waals surface area contributed by atoms with E-state index in [2.05, 4.69) is 20.5 Å². The van der Waals surface area contributed by atoms with E-state index in [0.717, 1.165) is 4.80 Å². The first-order valence-electron chi connectivity index (χ1n) is 3.67. The molecule has 1 aromatic heterocycles. The summed E-state index contributed by atoms with van der Waals surface area (Å²) in [6.07, 6.45) is 0. The standard InChI is InChI=1S/C5H6N6O2S/c12-4(13)1-11-8-5(7-9-11)10-3-14-2-6-10/h2H,1,3H2,(H,12,13). The molecule has 9 heteroatoms. The van der Waals surface area contributed by atoms with E-state index in [1.807, 2.05) is 0 Å². The molecule has 2 heterocycles. The molecule has 0 bridgehead atoms. The van der Waals surface area contributed by atoms with Crippen LogP contribution in [0.4, 0.5) is 5.95 Å². The summed E-state index contributed by atoms with van der Waals surface area (Å²) >= 11 is 1.50. The number of anilines is 1. The Labute approximate surface area is 82.6 Å². The van der Waals surface area contributed by atoms with Crippen LogP contribution in [0, 0.1) is 0 Å². The second-order valence-electron chi connectivity index (χ2n) is 2.43. The second-order valence-corrected chi connectivity index (χ2v) is 3.23. The summed E-state index contributed by atoms with van der Waals surface area (Å²) in [6.45, 7) is -0.294. The van der Waals surface area contributed by atoms with Crippen LogP contribution in [0.5, 0.6) is 0 Å². The number of aromatic nitrogens is 4. The van der Waals surface area contributed by atoms with Crippen LogP contribution in [0.1, 0.15) is 0 Å². The SMILES string of the molecule is O=C(O)Cn1nnc(N2CSC=N2)n1. The Kier molecular flexibility index (Phi) is 2.31. The summed E-state index contributed by atoms with van der Waals surface area (Å²) in [6, 6.07) is 0. The lowest BCUT2D eigenvalue weighted by atomic mass is 10.7. The van der Waals surface area contributed by atoms with Gasteiger partial charge >= 0.3 is 5.97 Å². The van der Waals surface area contributed by atoms with Crippen LogP contribution < -0.4 is 5.01 Å². The van der Waals surface area contributed by atoms with Gasteiger partial charge in [0, 0.05) is 0 Å². The molecule has 1 aliphatic rings. The first kappa shape index (κ1) is 8.94. The van der Waals surface area contributed by atoms with Gasteiger partial charge in [-0.1, -0.05) is 16.9 Å². The zero-order valence-electron chi connectivity index (χ0n) is 6.94. The molecule has 0 aromatic carbocycles. The van der Waals surface area contributed by atoms with Crippen LogP contribution in [-0.2, 0) is 11.3 Å². The predicted molar refractivity (Wildman–Crippen MR) is 48.9 cm³/mol. The van der Waals surface area contributed by atoms with E-state index in [0.29, 0.717) is 11.8 Å². The number of hydrogen-bond donors (Lipinski definition) is 1. The predicted octanol–water partition coefficient (Wildman–Crippen LogP) is -0.788. The zero-order valence-corrected chi connectivity index (χ0v) is 7.76. The fourth-order valence-corrected chi connectivity index (χ4v) is 1.43. The molecule has 1 aromatic rings. The van der Waals surface area contributed by atoms with E-state index in [1.54, 1.807) is 5.55 Å². The Morgan fingerprint density at radius 3 is 3.21 bits per heavy atom. The van der Waals surface area contributed by atoms with E-state index in [1.165, 1.54) is 16.8 Å². The number of hydrazone groups is 1. The molecule has 74 valence electrons. The van der Waals surface area contributed by atoms with Crippen molar-refractivity contribution in [3.8, 4) is 0 Å². The highest BCUT2D eigenvalue weighted by atomic mass is 32.2. The van der Waals surface area contributed by atoms with Crippen LogP contribution in [0.25, 0.3) is 0 Å². The highest BCUT2D eigenvalue weighted by molar-refractivity contribution is 8.12. The first-order valence-corrected chi connectivity index (χ1v) is 4.72. The molecule has 0 saturated heterocycles. The fraction of sp³-hybridized carbons (Fsp3) is 0.400. The van der Waals surface area contributed by atoms with Crippen LogP contribution in [0.2, 0.25) is 0 Å². The minimum atomic E-state index is -1.01. The number of carboxylic acids is 1. The van der Waals surface area contributed by atoms with Gasteiger partial charge in [0.15, 0.2) is 6.54 Å². The van der Waals surface area contributed by atoms with Crippen LogP contribution >= 0.6 is 11.8 Å². The summed E-state index contributed by atoms with van der Waals surface area (Å²) in [4.78, 5) is 11.3. The van der Waals surface area contributed by atoms with Gasteiger partial charge in [-0.05, 0) is 5.21 Å². The maximum absolute atomic E-state index is 10.3. The van der Waals surface area contributed by atoms with Gasteiger partial charge in [0.2, 0.25) is 0 Å². The zero-order chi connectivity index (χ0) is 9.97. The molecular weight excluding hydrogens is 208 g/mol. The van der Waals surface area contributed by atoms with Crippen LogP contribution in [0.3, 0.4) is 0 Å². The molecule has 0 spiro atoms. The van der Waals surface area contributed by atoms with E-state index in [4.69, 9.17) is 5.11 Å². The third kappa shape index (κ3) is 1.82. The number of carboxylic acid groups (broad SMARTS) is 1. The lowest BCUT2D eigenvalue weighted by Crippen LogP contribution is -2.14. The number of aliphatic carboxylic acids is 1. The lowest BCUT2D eigenvalue weighted by Gasteiger charge is -2.04. The normalized spacial score (nSPS) is 15.0. The topological polar surface area (TPSA) is 96.5 Å². The van der Waals surface area contributed by atoms with E-state index in [9.17, 15) is 4.79 Å². The van der Waals surface area contributed by atoms with Gasteiger partial charge in [0.25, 0.3) is 5.95 Å². The van der Waals surface area contributed by atoms with E-state index < -0.39 is 5.97 Å². The fourth-order valence-electron chi connectivity index (χ4n) is 0.863. The largest absolute Gasteiger partial charge is 0.480 e. The highest BCUT2D eigenvalue weighted by Crippen LogP contribution is 2.15. The van der Waals surface area contributed by atoms with Crippen LogP contribution in [0.15, 0.2) is 5.10 Å². The molecule has 0 amide bonds. The third-order valence-corrected chi connectivity index (χ3v) is 2.04. The average Bonchev–Trinajstić information content (AvgIpc) is 2.69. The summed E-state index contributed by atoms with van der Waals surface area (Å²) in [5.41, 5.74) is 1.66. The molecule has 8 nitrogen and oxygen atoms in total. The molecule has 0 atom stereocenters. The number of nitrogens with zero attached hydrogens (tertiary/aromatic N) is 6. The van der Waals surface area contributed by atoms with Gasteiger partial charge in [-0.3, -0.25) is 4.79 Å². The van der Waals surface area contributed by atoms with Gasteiger partial charge < -0.3 is 5.11 Å². The number of tetrazole rings is 1. The van der Waals surface area contributed by atoms with Crippen molar-refractivity contribution in [2.24, 2.45) is 5.10 Å². The monoisotopic (exact) mass is 214 g/mol. The van der Waals surface area contributed by atoms with Gasteiger partial charge in [-0.25, -0.2) is 5.01 Å². The molecule has 0 aliphatic carbocycles. The Morgan fingerprint density at radius 1 is 1.71 bits per heavy atom. The highest BCUT2D eigenvalue weighted by Gasteiger charge is 2.15. The molecular formula is C5H6N6O2S. The van der Waals surface area contributed by atoms with Crippen molar-refractivity contribution in [1.82, 2.24) is 20.2 Å². The Hall–Kier alpha value is -1.64. The number of rotatable bonds is 3. The van der Waals surface area contributed by atoms with Crippen molar-refractivity contribution in [2.45, 2.75) is 6.54 Å². The third-order valence-electron chi connectivity index (χ3n) is 1.41. The van der Waals surface area contributed by atoms with Crippen molar-refractivity contribution in [3.63, 3.8) is 0 Å². The minimum absolute atomic E-state index is 0.294. The quantitative estimate of drug-likeness (QED) is 0.704. The molecule has 1 N–H and O–H groups in total. The summed E-state index contributed by atoms with van der Waals surface area (Å²) < 4.78 is 0. The Morgan fingerprint density at radius 2 is 2.57 bits per heavy atom. The maximum atomic E-state index is 10.3. The number of carbonyl (C=O) groups is 1. The van der Waals surface area contributed by atoms with Crippen molar-refractivity contribution in [2.75, 3.05) is 10.9 Å². The van der Waals surface area contributed by atoms with E-state index in [-0.39, 0.29) is 6.54 Å². The maximum Gasteiger partial charge on any atom is 0.327 e. The van der Waals surface area contributed by atoms with Gasteiger partial charge in [0.05, 0.1) is 11.4 Å². The first-order chi connectivity index (χ1) is 6.75. The van der Waals surface area contributed by atoms with Crippen molar-refractivity contribution in [3.05, 3.63) is 0 Å². The summed E-state index contributed by atoms with van der Waals surface area (Å²) in [7, 11) is 0. The molecule has 14 heavy (non-hydrogen) atoms. The molecule has 0 saturated carbocycles. The van der Waals surface area contributed by atoms with Gasteiger partial charge in [-0.2, -0.15) is 9.90 Å². The molecule has 2 rings (SSSR count). The summed E-state index contributed by atoms with van der Waals surface area (Å²) in [5, 5.41) is 25.0. The second kappa shape index (κ2) is 3.62. The average molecular weight is 214 g/mol. The minimum Gasteiger partial charge on any atom is -0.480 e. The Bertz CT molecular complexity index is 376. The van der Waals surface area contributed by atoms with Gasteiger partial charge in [-0.15, -0.1) is 5.10 Å². The number of hydrogen-bond acceptors (Lipinski definition) is 7. The Balaban J connectivity index is 2.09. The smallest absolute Gasteiger partial charge is 0.327 e. The van der Waals surface area contributed by atoms with E-state index >= 15 is 0 Å². The van der Waals surface area contributed by atoms with Crippen LogP contribution in [-0.4, -0.2) is 42.7 Å². The molecule has 0 unspecified atom stereocenters. The summed E-state index contributed by atoms with van der Waals surface area (Å²) in [5.74, 6) is -0.0700. The lowest BCUT2D eigenvalue weighted by molar-refractivity contribution is -0.138. The van der Waals surface area contributed by atoms with Crippen molar-refractivity contribution < 1.29 is 9.90 Å². The van der Waals surface area contributed by atoms with Crippen molar-refractivity contribution in [1.29, 1.82) is 0 Å².